The Bertz CT molecular complexity index is 2820. The molecule has 0 aliphatic heterocycles. The lowest BCUT2D eigenvalue weighted by molar-refractivity contribution is 0.662. The molecule has 1 saturated carbocycles. The van der Waals surface area contributed by atoms with Crippen LogP contribution in [0.4, 0.5) is 17.1 Å². The van der Waals surface area contributed by atoms with Crippen molar-refractivity contribution in [3.8, 4) is 22.3 Å². The third-order valence-electron chi connectivity index (χ3n) is 12.5. The molecule has 2 aliphatic rings. The lowest BCUT2D eigenvalue weighted by atomic mass is 9.76. The highest BCUT2D eigenvalue weighted by atomic mass is 16.3. The number of anilines is 3. The molecule has 2 nitrogen and oxygen atoms in total. The van der Waals surface area contributed by atoms with Crippen LogP contribution in [-0.2, 0) is 0 Å². The van der Waals surface area contributed by atoms with Crippen LogP contribution in [0, 0.1) is 0 Å². The van der Waals surface area contributed by atoms with E-state index in [1.165, 1.54) is 71.1 Å². The summed E-state index contributed by atoms with van der Waals surface area (Å²) < 4.78 is 6.25. The predicted octanol–water partition coefficient (Wildman–Crippen LogP) is 16.7. The van der Waals surface area contributed by atoms with Crippen molar-refractivity contribution in [2.45, 2.75) is 57.8 Å². The number of hydrogen-bond donors (Lipinski definition) is 0. The first-order chi connectivity index (χ1) is 29.2. The van der Waals surface area contributed by atoms with Gasteiger partial charge in [0, 0.05) is 27.8 Å². The molecular weight excluding hydrogens is 715 g/mol. The molecule has 1 fully saturated rings. The molecule has 288 valence electrons. The van der Waals surface area contributed by atoms with E-state index in [0.717, 1.165) is 75.8 Å². The second-order valence-corrected chi connectivity index (χ2v) is 16.2. The summed E-state index contributed by atoms with van der Waals surface area (Å²) in [6.45, 7) is 4.78. The quantitative estimate of drug-likeness (QED) is 0.161. The number of benzene rings is 7. The minimum atomic E-state index is 0.911. The molecule has 59 heavy (non-hydrogen) atoms. The first kappa shape index (κ1) is 36.7. The van der Waals surface area contributed by atoms with E-state index in [1.807, 2.05) is 12.1 Å². The molecule has 0 bridgehead atoms. The van der Waals surface area contributed by atoms with Crippen LogP contribution in [0.5, 0.6) is 0 Å². The van der Waals surface area contributed by atoms with Gasteiger partial charge in [0.1, 0.15) is 11.2 Å². The first-order valence-corrected chi connectivity index (χ1v) is 21.4. The molecular formula is C57H49NO. The minimum absolute atomic E-state index is 0.911. The third kappa shape index (κ3) is 7.36. The van der Waals surface area contributed by atoms with Crippen LogP contribution >= 0.6 is 0 Å². The molecule has 0 unspecified atom stereocenters. The van der Waals surface area contributed by atoms with E-state index in [2.05, 4.69) is 169 Å². The van der Waals surface area contributed by atoms with Crippen molar-refractivity contribution in [1.82, 2.24) is 0 Å². The van der Waals surface area contributed by atoms with Gasteiger partial charge >= 0.3 is 0 Å². The highest BCUT2D eigenvalue weighted by Crippen LogP contribution is 2.45. The fourth-order valence-corrected chi connectivity index (χ4v) is 9.52. The van der Waals surface area contributed by atoms with Crippen molar-refractivity contribution in [3.05, 3.63) is 210 Å². The van der Waals surface area contributed by atoms with Gasteiger partial charge in [-0.25, -0.2) is 0 Å². The van der Waals surface area contributed by atoms with Crippen molar-refractivity contribution in [2.24, 2.45) is 0 Å². The lowest BCUT2D eigenvalue weighted by Gasteiger charge is -2.29. The Balaban J connectivity index is 1.05. The molecule has 0 radical (unpaired) electrons. The molecule has 0 atom stereocenters. The van der Waals surface area contributed by atoms with Gasteiger partial charge in [-0.2, -0.15) is 0 Å². The third-order valence-corrected chi connectivity index (χ3v) is 12.5. The van der Waals surface area contributed by atoms with Crippen molar-refractivity contribution < 1.29 is 4.42 Å². The zero-order valence-electron chi connectivity index (χ0n) is 33.7. The molecule has 0 amide bonds. The molecule has 1 heterocycles. The summed E-state index contributed by atoms with van der Waals surface area (Å²) in [6, 6.07) is 63.9. The van der Waals surface area contributed by atoms with Crippen molar-refractivity contribution >= 4 is 50.1 Å². The summed E-state index contributed by atoms with van der Waals surface area (Å²) in [6.07, 6.45) is 10.6. The van der Waals surface area contributed by atoms with Crippen molar-refractivity contribution in [2.75, 3.05) is 4.90 Å². The molecule has 0 spiro atoms. The number of para-hydroxylation sites is 1. The molecule has 0 N–H and O–H groups in total. The van der Waals surface area contributed by atoms with E-state index in [4.69, 9.17) is 11.0 Å². The van der Waals surface area contributed by atoms with Crippen LogP contribution in [0.15, 0.2) is 204 Å². The van der Waals surface area contributed by atoms with Gasteiger partial charge in [-0.1, -0.05) is 134 Å². The Morgan fingerprint density at radius 3 is 1.51 bits per heavy atom. The van der Waals surface area contributed by atoms with Gasteiger partial charge in [-0.3, -0.25) is 0 Å². The maximum Gasteiger partial charge on any atom is 0.136 e. The van der Waals surface area contributed by atoms with Gasteiger partial charge in [-0.15, -0.1) is 0 Å². The Hall–Kier alpha value is -6.64. The zero-order chi connectivity index (χ0) is 39.5. The van der Waals surface area contributed by atoms with Crippen LogP contribution in [0.2, 0.25) is 0 Å². The average molecular weight is 764 g/mol. The van der Waals surface area contributed by atoms with Gasteiger partial charge in [0.15, 0.2) is 0 Å². The van der Waals surface area contributed by atoms with E-state index in [0.29, 0.717) is 0 Å². The van der Waals surface area contributed by atoms with Gasteiger partial charge < -0.3 is 9.32 Å². The average Bonchev–Trinajstić information content (AvgIpc) is 3.68. The number of allylic oxidation sites excluding steroid dienone is 5. The fourth-order valence-electron chi connectivity index (χ4n) is 9.52. The van der Waals surface area contributed by atoms with Crippen LogP contribution in [0.25, 0.3) is 55.3 Å². The summed E-state index contributed by atoms with van der Waals surface area (Å²) in [5.41, 5.74) is 19.9. The van der Waals surface area contributed by atoms with E-state index < -0.39 is 0 Å². The van der Waals surface area contributed by atoms with Gasteiger partial charge in [-0.05, 0) is 167 Å². The predicted molar refractivity (Wildman–Crippen MR) is 250 cm³/mol. The summed E-state index contributed by atoms with van der Waals surface area (Å²) >= 11 is 0. The maximum atomic E-state index is 6.25. The molecule has 2 heteroatoms. The van der Waals surface area contributed by atoms with E-state index >= 15 is 0 Å². The Morgan fingerprint density at radius 1 is 0.356 bits per heavy atom. The molecule has 2 aliphatic carbocycles. The molecule has 7 aromatic carbocycles. The Labute approximate surface area is 348 Å². The Morgan fingerprint density at radius 2 is 0.831 bits per heavy atom. The molecule has 0 saturated heterocycles. The standard InChI is InChI=1S/C57H49NO/c1-40-15-5-2-10-20-50(44-18-8-4-9-19-44)51-21-11-12-23-54(51)57(40)45-29-36-49(37-30-45)58(47-32-25-42(26-33-47)41-16-6-3-7-17-41)48-34-27-43(28-35-48)46-31-38-53-52-22-13-14-24-55(52)59-56(53)39-46/h3-4,6-9,13-14,16-19,22,24-39H,1-2,5,10-12,15,20-21,23H2/b51-50+,57-54?. The molecule has 8 aromatic rings. The van der Waals surface area contributed by atoms with E-state index in [9.17, 15) is 0 Å². The maximum absolute atomic E-state index is 6.25. The molecule has 10 rings (SSSR count). The number of hydrogen-bond acceptors (Lipinski definition) is 2. The topological polar surface area (TPSA) is 16.4 Å². The smallest absolute Gasteiger partial charge is 0.136 e. The van der Waals surface area contributed by atoms with Crippen LogP contribution in [0.3, 0.4) is 0 Å². The summed E-state index contributed by atoms with van der Waals surface area (Å²) in [7, 11) is 0. The Kier molecular flexibility index (Phi) is 10.1. The van der Waals surface area contributed by atoms with Crippen molar-refractivity contribution in [1.29, 1.82) is 0 Å². The largest absolute Gasteiger partial charge is 0.456 e. The van der Waals surface area contributed by atoms with E-state index in [-0.39, 0.29) is 0 Å². The van der Waals surface area contributed by atoms with Gasteiger partial charge in [0.2, 0.25) is 0 Å². The lowest BCUT2D eigenvalue weighted by Crippen LogP contribution is -2.10. The van der Waals surface area contributed by atoms with Crippen LogP contribution < -0.4 is 4.90 Å². The number of nitrogens with zero attached hydrogens (tertiary/aromatic N) is 1. The number of rotatable bonds is 7. The first-order valence-electron chi connectivity index (χ1n) is 21.4. The fraction of sp³-hybridized carbons (Fsp3) is 0.158. The van der Waals surface area contributed by atoms with E-state index in [1.54, 1.807) is 11.1 Å². The summed E-state index contributed by atoms with van der Waals surface area (Å²) in [5, 5.41) is 2.30. The minimum Gasteiger partial charge on any atom is -0.456 e. The SMILES string of the molecule is C=C1CCCCC/C(c2ccccc2)=C2/CCCCC2=C1c1ccc(N(c2ccc(-c3ccccc3)cc2)c2ccc(-c3ccc4c(c3)oc3ccccc34)cc2)cc1. The van der Waals surface area contributed by atoms with Crippen LogP contribution in [-0.4, -0.2) is 0 Å². The number of fused-ring (bicyclic) bond motifs is 4. The highest BCUT2D eigenvalue weighted by molar-refractivity contribution is 6.06. The second-order valence-electron chi connectivity index (χ2n) is 16.2. The second kappa shape index (κ2) is 16.3. The number of furan rings is 1. The summed E-state index contributed by atoms with van der Waals surface area (Å²) in [4.78, 5) is 2.38. The normalized spacial score (nSPS) is 16.3. The zero-order valence-corrected chi connectivity index (χ0v) is 33.7. The monoisotopic (exact) mass is 763 g/mol. The molecule has 1 aromatic heterocycles. The van der Waals surface area contributed by atoms with Gasteiger partial charge in [0.05, 0.1) is 0 Å². The van der Waals surface area contributed by atoms with Crippen LogP contribution in [0.1, 0.15) is 68.9 Å². The van der Waals surface area contributed by atoms with Crippen molar-refractivity contribution in [3.63, 3.8) is 0 Å². The summed E-state index contributed by atoms with van der Waals surface area (Å²) in [5.74, 6) is 0. The highest BCUT2D eigenvalue weighted by Gasteiger charge is 2.24. The van der Waals surface area contributed by atoms with Gasteiger partial charge in [0.25, 0.3) is 0 Å².